The number of anilines is 1. The van der Waals surface area contributed by atoms with E-state index in [4.69, 9.17) is 0 Å². The molecule has 1 heterocycles. The van der Waals surface area contributed by atoms with Crippen LogP contribution in [0.3, 0.4) is 0 Å². The van der Waals surface area contributed by atoms with Crippen LogP contribution in [0.5, 0.6) is 0 Å². The molecule has 0 saturated heterocycles. The fraction of sp³-hybridized carbons (Fsp3) is 0.143. The standard InChI is InChI=1S/C14H12BrN/c15-12-6-3-5-10(8-12)14-9-11-4-1-2-7-13(11)16-14/h1-8,14,16H,9H2/t14-/m0/s1. The maximum atomic E-state index is 3.56. The van der Waals surface area contributed by atoms with Gasteiger partial charge in [-0.25, -0.2) is 0 Å². The Morgan fingerprint density at radius 2 is 1.94 bits per heavy atom. The van der Waals surface area contributed by atoms with Crippen LogP contribution >= 0.6 is 15.9 Å². The molecule has 0 spiro atoms. The van der Waals surface area contributed by atoms with E-state index in [0.29, 0.717) is 6.04 Å². The number of benzene rings is 2. The van der Waals surface area contributed by atoms with Gasteiger partial charge < -0.3 is 5.32 Å². The van der Waals surface area contributed by atoms with Crippen LogP contribution in [0.4, 0.5) is 5.69 Å². The number of fused-ring (bicyclic) bond motifs is 1. The van der Waals surface area contributed by atoms with E-state index >= 15 is 0 Å². The lowest BCUT2D eigenvalue weighted by molar-refractivity contribution is 0.823. The Morgan fingerprint density at radius 1 is 1.06 bits per heavy atom. The fourth-order valence-corrected chi connectivity index (χ4v) is 2.64. The van der Waals surface area contributed by atoms with E-state index in [1.165, 1.54) is 16.8 Å². The predicted octanol–water partition coefficient (Wildman–Crippen LogP) is 4.16. The second-order valence-corrected chi connectivity index (χ2v) is 5.03. The van der Waals surface area contributed by atoms with E-state index in [1.54, 1.807) is 0 Å². The Kier molecular flexibility index (Phi) is 2.44. The molecule has 0 aromatic heterocycles. The molecule has 0 aliphatic carbocycles. The molecular formula is C14H12BrN. The highest BCUT2D eigenvalue weighted by molar-refractivity contribution is 9.10. The third-order valence-corrected chi connectivity index (χ3v) is 3.52. The first-order valence-electron chi connectivity index (χ1n) is 5.43. The summed E-state index contributed by atoms with van der Waals surface area (Å²) < 4.78 is 1.14. The minimum absolute atomic E-state index is 0.412. The fourth-order valence-electron chi connectivity index (χ4n) is 2.22. The van der Waals surface area contributed by atoms with Crippen molar-refractivity contribution in [3.05, 3.63) is 64.1 Å². The van der Waals surface area contributed by atoms with Crippen LogP contribution < -0.4 is 5.32 Å². The van der Waals surface area contributed by atoms with Crippen molar-refractivity contribution in [2.24, 2.45) is 0 Å². The van der Waals surface area contributed by atoms with Crippen molar-refractivity contribution in [1.29, 1.82) is 0 Å². The Bertz CT molecular complexity index is 497. The van der Waals surface area contributed by atoms with Gasteiger partial charge in [-0.15, -0.1) is 0 Å². The summed E-state index contributed by atoms with van der Waals surface area (Å²) in [5, 5.41) is 3.56. The highest BCUT2D eigenvalue weighted by Gasteiger charge is 2.21. The zero-order chi connectivity index (χ0) is 11.0. The van der Waals surface area contributed by atoms with Crippen LogP contribution in [-0.4, -0.2) is 0 Å². The molecular weight excluding hydrogens is 262 g/mol. The number of halogens is 1. The third-order valence-electron chi connectivity index (χ3n) is 3.02. The highest BCUT2D eigenvalue weighted by Crippen LogP contribution is 2.34. The number of hydrogen-bond donors (Lipinski definition) is 1. The molecule has 0 saturated carbocycles. The summed E-state index contributed by atoms with van der Waals surface area (Å²) in [5.74, 6) is 0. The Hall–Kier alpha value is -1.28. The average molecular weight is 274 g/mol. The largest absolute Gasteiger partial charge is 0.378 e. The molecule has 1 aliphatic heterocycles. The minimum atomic E-state index is 0.412. The van der Waals surface area contributed by atoms with Gasteiger partial charge in [0.25, 0.3) is 0 Å². The predicted molar refractivity (Wildman–Crippen MR) is 70.7 cm³/mol. The van der Waals surface area contributed by atoms with E-state index in [2.05, 4.69) is 69.8 Å². The second kappa shape index (κ2) is 3.95. The summed E-state index contributed by atoms with van der Waals surface area (Å²) in [4.78, 5) is 0. The van der Waals surface area contributed by atoms with E-state index in [9.17, 15) is 0 Å². The van der Waals surface area contributed by atoms with E-state index in [-0.39, 0.29) is 0 Å². The molecule has 2 heteroatoms. The monoisotopic (exact) mass is 273 g/mol. The van der Waals surface area contributed by atoms with Crippen LogP contribution in [0.1, 0.15) is 17.2 Å². The summed E-state index contributed by atoms with van der Waals surface area (Å²) in [6.45, 7) is 0. The van der Waals surface area contributed by atoms with Gasteiger partial charge in [-0.05, 0) is 35.7 Å². The Labute approximate surface area is 104 Å². The topological polar surface area (TPSA) is 12.0 Å². The Morgan fingerprint density at radius 3 is 2.75 bits per heavy atom. The SMILES string of the molecule is Brc1cccc([C@@H]2Cc3ccccc3N2)c1. The number of rotatable bonds is 1. The summed E-state index contributed by atoms with van der Waals surface area (Å²) in [7, 11) is 0. The molecule has 0 unspecified atom stereocenters. The third kappa shape index (κ3) is 1.74. The first-order valence-corrected chi connectivity index (χ1v) is 6.22. The highest BCUT2D eigenvalue weighted by atomic mass is 79.9. The quantitative estimate of drug-likeness (QED) is 0.823. The molecule has 80 valence electrons. The van der Waals surface area contributed by atoms with E-state index < -0.39 is 0 Å². The lowest BCUT2D eigenvalue weighted by Gasteiger charge is -2.11. The maximum absolute atomic E-state index is 3.56. The molecule has 2 aromatic rings. The van der Waals surface area contributed by atoms with Gasteiger partial charge in [-0.1, -0.05) is 46.3 Å². The molecule has 2 aromatic carbocycles. The Balaban J connectivity index is 1.91. The zero-order valence-electron chi connectivity index (χ0n) is 8.78. The van der Waals surface area contributed by atoms with Gasteiger partial charge in [0.1, 0.15) is 0 Å². The minimum Gasteiger partial charge on any atom is -0.378 e. The smallest absolute Gasteiger partial charge is 0.0555 e. The molecule has 3 rings (SSSR count). The lowest BCUT2D eigenvalue weighted by atomic mass is 10.0. The molecule has 1 atom stereocenters. The molecule has 1 N–H and O–H groups in total. The molecule has 1 nitrogen and oxygen atoms in total. The summed E-state index contributed by atoms with van der Waals surface area (Å²) in [5.41, 5.74) is 4.02. The average Bonchev–Trinajstić information content (AvgIpc) is 2.72. The molecule has 0 radical (unpaired) electrons. The number of hydrogen-bond acceptors (Lipinski definition) is 1. The van der Waals surface area contributed by atoms with Crippen molar-refractivity contribution in [1.82, 2.24) is 0 Å². The van der Waals surface area contributed by atoms with Crippen molar-refractivity contribution in [3.63, 3.8) is 0 Å². The van der Waals surface area contributed by atoms with Crippen LogP contribution in [0, 0.1) is 0 Å². The van der Waals surface area contributed by atoms with E-state index in [0.717, 1.165) is 10.9 Å². The van der Waals surface area contributed by atoms with Crippen LogP contribution in [0.15, 0.2) is 53.0 Å². The first-order chi connectivity index (χ1) is 7.83. The number of nitrogens with one attached hydrogen (secondary N) is 1. The van der Waals surface area contributed by atoms with Gasteiger partial charge in [-0.3, -0.25) is 0 Å². The van der Waals surface area contributed by atoms with Crippen molar-refractivity contribution >= 4 is 21.6 Å². The summed E-state index contributed by atoms with van der Waals surface area (Å²) >= 11 is 3.52. The van der Waals surface area contributed by atoms with Crippen LogP contribution in [0.2, 0.25) is 0 Å². The van der Waals surface area contributed by atoms with Gasteiger partial charge in [-0.2, -0.15) is 0 Å². The molecule has 0 fully saturated rings. The van der Waals surface area contributed by atoms with Crippen molar-refractivity contribution < 1.29 is 0 Å². The van der Waals surface area contributed by atoms with Gasteiger partial charge in [0.2, 0.25) is 0 Å². The summed E-state index contributed by atoms with van der Waals surface area (Å²) in [6, 6.07) is 17.4. The normalized spacial score (nSPS) is 17.9. The molecule has 1 aliphatic rings. The second-order valence-electron chi connectivity index (χ2n) is 4.11. The molecule has 0 amide bonds. The van der Waals surface area contributed by atoms with Crippen molar-refractivity contribution in [3.8, 4) is 0 Å². The molecule has 0 bridgehead atoms. The zero-order valence-corrected chi connectivity index (χ0v) is 10.4. The number of para-hydroxylation sites is 1. The van der Waals surface area contributed by atoms with Crippen molar-refractivity contribution in [2.45, 2.75) is 12.5 Å². The van der Waals surface area contributed by atoms with Gasteiger partial charge in [0, 0.05) is 10.2 Å². The maximum Gasteiger partial charge on any atom is 0.0555 e. The van der Waals surface area contributed by atoms with Crippen LogP contribution in [-0.2, 0) is 6.42 Å². The van der Waals surface area contributed by atoms with Crippen LogP contribution in [0.25, 0.3) is 0 Å². The van der Waals surface area contributed by atoms with E-state index in [1.807, 2.05) is 0 Å². The van der Waals surface area contributed by atoms with Gasteiger partial charge in [0.05, 0.1) is 6.04 Å². The first kappa shape index (κ1) is 9.91. The summed E-state index contributed by atoms with van der Waals surface area (Å²) in [6.07, 6.45) is 1.08. The van der Waals surface area contributed by atoms with Crippen molar-refractivity contribution in [2.75, 3.05) is 5.32 Å². The van der Waals surface area contributed by atoms with Gasteiger partial charge >= 0.3 is 0 Å². The molecule has 16 heavy (non-hydrogen) atoms. The van der Waals surface area contributed by atoms with Gasteiger partial charge in [0.15, 0.2) is 0 Å². The lowest BCUT2D eigenvalue weighted by Crippen LogP contribution is -2.05.